The number of ether oxygens (including phenoxy) is 1. The van der Waals surface area contributed by atoms with Gasteiger partial charge in [-0.2, -0.15) is 0 Å². The second-order valence-corrected chi connectivity index (χ2v) is 5.39. The number of carbonyl (C=O) groups is 1. The number of hydrogen-bond acceptors (Lipinski definition) is 4. The molecule has 1 aromatic carbocycles. The minimum absolute atomic E-state index is 0. The molecule has 0 aliphatic carbocycles. The Morgan fingerprint density at radius 2 is 2.29 bits per heavy atom. The Labute approximate surface area is 132 Å². The normalized spacial score (nSPS) is 18.7. The van der Waals surface area contributed by atoms with Gasteiger partial charge in [0, 0.05) is 12.6 Å². The zero-order valence-corrected chi connectivity index (χ0v) is 13.4. The molecule has 21 heavy (non-hydrogen) atoms. The molecule has 5 nitrogen and oxygen atoms in total. The summed E-state index contributed by atoms with van der Waals surface area (Å²) < 4.78 is 5.26. The van der Waals surface area contributed by atoms with Crippen molar-refractivity contribution in [3.05, 3.63) is 23.8 Å². The van der Waals surface area contributed by atoms with E-state index in [0.29, 0.717) is 12.3 Å². The van der Waals surface area contributed by atoms with E-state index in [1.807, 2.05) is 25.1 Å². The van der Waals surface area contributed by atoms with E-state index in [1.54, 1.807) is 7.11 Å². The highest BCUT2D eigenvalue weighted by molar-refractivity contribution is 5.93. The molecule has 0 saturated carbocycles. The molecule has 118 valence electrons. The van der Waals surface area contributed by atoms with E-state index in [0.717, 1.165) is 37.2 Å². The van der Waals surface area contributed by atoms with Gasteiger partial charge in [0.15, 0.2) is 0 Å². The van der Waals surface area contributed by atoms with Crippen LogP contribution in [0.4, 0.5) is 5.69 Å². The Morgan fingerprint density at radius 1 is 1.52 bits per heavy atom. The maximum Gasteiger partial charge on any atom is 0.238 e. The Kier molecular flexibility index (Phi) is 6.95. The van der Waals surface area contributed by atoms with Crippen molar-refractivity contribution in [2.45, 2.75) is 25.8 Å². The van der Waals surface area contributed by atoms with Crippen molar-refractivity contribution in [1.82, 2.24) is 4.90 Å². The Balaban J connectivity index is 0.00000220. The Hall–Kier alpha value is -1.30. The number of amides is 1. The quantitative estimate of drug-likeness (QED) is 0.889. The SMILES string of the molecule is COc1ccc(C)cc1NC(=O)CN1CCCC(N)C1.Cl. The van der Waals surface area contributed by atoms with Crippen LogP contribution < -0.4 is 15.8 Å². The van der Waals surface area contributed by atoms with Crippen LogP contribution >= 0.6 is 12.4 Å². The molecule has 1 unspecified atom stereocenters. The predicted molar refractivity (Wildman–Crippen MR) is 87.3 cm³/mol. The van der Waals surface area contributed by atoms with E-state index in [-0.39, 0.29) is 24.4 Å². The number of piperidine rings is 1. The lowest BCUT2D eigenvalue weighted by atomic mass is 10.1. The molecule has 1 atom stereocenters. The van der Waals surface area contributed by atoms with Crippen molar-refractivity contribution in [3.8, 4) is 5.75 Å². The van der Waals surface area contributed by atoms with Gasteiger partial charge in [0.1, 0.15) is 5.75 Å². The molecule has 2 rings (SSSR count). The molecule has 1 heterocycles. The minimum Gasteiger partial charge on any atom is -0.495 e. The largest absolute Gasteiger partial charge is 0.495 e. The average molecular weight is 314 g/mol. The smallest absolute Gasteiger partial charge is 0.238 e. The summed E-state index contributed by atoms with van der Waals surface area (Å²) in [6, 6.07) is 5.92. The highest BCUT2D eigenvalue weighted by Crippen LogP contribution is 2.25. The molecule has 1 amide bonds. The van der Waals surface area contributed by atoms with Gasteiger partial charge in [-0.1, -0.05) is 6.07 Å². The zero-order valence-electron chi connectivity index (χ0n) is 12.6. The lowest BCUT2D eigenvalue weighted by Crippen LogP contribution is -2.45. The molecule has 1 aromatic rings. The van der Waals surface area contributed by atoms with Crippen LogP contribution in [-0.4, -0.2) is 43.6 Å². The van der Waals surface area contributed by atoms with E-state index in [1.165, 1.54) is 0 Å². The number of nitrogens with one attached hydrogen (secondary N) is 1. The molecule has 6 heteroatoms. The molecule has 1 fully saturated rings. The topological polar surface area (TPSA) is 67.6 Å². The molecule has 3 N–H and O–H groups in total. The van der Waals surface area contributed by atoms with Gasteiger partial charge in [0.25, 0.3) is 0 Å². The Bertz CT molecular complexity index is 482. The van der Waals surface area contributed by atoms with Crippen LogP contribution in [0.15, 0.2) is 18.2 Å². The predicted octanol–water partition coefficient (Wildman–Crippen LogP) is 1.79. The molecule has 0 aromatic heterocycles. The van der Waals surface area contributed by atoms with Crippen LogP contribution in [0, 0.1) is 6.92 Å². The van der Waals surface area contributed by atoms with Gasteiger partial charge >= 0.3 is 0 Å². The van der Waals surface area contributed by atoms with E-state index in [2.05, 4.69) is 10.2 Å². The minimum atomic E-state index is -0.0250. The number of anilines is 1. The number of rotatable bonds is 4. The van der Waals surface area contributed by atoms with Gasteiger partial charge in [-0.25, -0.2) is 0 Å². The first-order valence-corrected chi connectivity index (χ1v) is 7.01. The van der Waals surface area contributed by atoms with Crippen molar-refractivity contribution < 1.29 is 9.53 Å². The van der Waals surface area contributed by atoms with Crippen LogP contribution in [0.25, 0.3) is 0 Å². The number of nitrogens with two attached hydrogens (primary N) is 1. The first-order valence-electron chi connectivity index (χ1n) is 7.01. The lowest BCUT2D eigenvalue weighted by Gasteiger charge is -2.30. The maximum absolute atomic E-state index is 12.1. The summed E-state index contributed by atoms with van der Waals surface area (Å²) in [5.41, 5.74) is 7.73. The number of methoxy groups -OCH3 is 1. The van der Waals surface area contributed by atoms with Crippen LogP contribution in [0.1, 0.15) is 18.4 Å². The molecular formula is C15H24ClN3O2. The lowest BCUT2D eigenvalue weighted by molar-refractivity contribution is -0.117. The van der Waals surface area contributed by atoms with Gasteiger partial charge < -0.3 is 15.8 Å². The standard InChI is InChI=1S/C15H23N3O2.ClH/c1-11-5-6-14(20-2)13(8-11)17-15(19)10-18-7-3-4-12(16)9-18;/h5-6,8,12H,3-4,7,9-10,16H2,1-2H3,(H,17,19);1H. The second kappa shape index (κ2) is 8.22. The number of aryl methyl sites for hydroxylation is 1. The van der Waals surface area contributed by atoms with E-state index < -0.39 is 0 Å². The first-order chi connectivity index (χ1) is 9.58. The molecule has 0 bridgehead atoms. The van der Waals surface area contributed by atoms with Gasteiger partial charge in [0.2, 0.25) is 5.91 Å². The highest BCUT2D eigenvalue weighted by atomic mass is 35.5. The molecule has 1 aliphatic rings. The van der Waals surface area contributed by atoms with E-state index in [9.17, 15) is 4.79 Å². The summed E-state index contributed by atoms with van der Waals surface area (Å²) in [6.07, 6.45) is 2.10. The summed E-state index contributed by atoms with van der Waals surface area (Å²) in [4.78, 5) is 14.2. The molecule has 1 saturated heterocycles. The van der Waals surface area contributed by atoms with Gasteiger partial charge in [-0.15, -0.1) is 12.4 Å². The third-order valence-electron chi connectivity index (χ3n) is 3.54. The van der Waals surface area contributed by atoms with Crippen molar-refractivity contribution >= 4 is 24.0 Å². The molecule has 1 aliphatic heterocycles. The van der Waals surface area contributed by atoms with Gasteiger partial charge in [0.05, 0.1) is 19.3 Å². The molecule has 0 spiro atoms. The Morgan fingerprint density at radius 3 is 2.95 bits per heavy atom. The zero-order chi connectivity index (χ0) is 14.5. The summed E-state index contributed by atoms with van der Waals surface area (Å²) in [6.45, 7) is 4.09. The fraction of sp³-hybridized carbons (Fsp3) is 0.533. The number of halogens is 1. The number of nitrogens with zero attached hydrogens (tertiary/aromatic N) is 1. The van der Waals surface area contributed by atoms with Crippen molar-refractivity contribution in [1.29, 1.82) is 0 Å². The van der Waals surface area contributed by atoms with E-state index >= 15 is 0 Å². The fourth-order valence-electron chi connectivity index (χ4n) is 2.55. The maximum atomic E-state index is 12.1. The first kappa shape index (κ1) is 17.8. The summed E-state index contributed by atoms with van der Waals surface area (Å²) in [7, 11) is 1.60. The summed E-state index contributed by atoms with van der Waals surface area (Å²) in [5, 5.41) is 2.92. The highest BCUT2D eigenvalue weighted by Gasteiger charge is 2.19. The average Bonchev–Trinajstić information content (AvgIpc) is 2.38. The monoisotopic (exact) mass is 313 g/mol. The van der Waals surface area contributed by atoms with Crippen molar-refractivity contribution in [3.63, 3.8) is 0 Å². The van der Waals surface area contributed by atoms with Crippen LogP contribution in [0.2, 0.25) is 0 Å². The number of carbonyl (C=O) groups excluding carboxylic acids is 1. The van der Waals surface area contributed by atoms with Crippen molar-refractivity contribution in [2.24, 2.45) is 5.73 Å². The summed E-state index contributed by atoms with van der Waals surface area (Å²) in [5.74, 6) is 0.655. The molecular weight excluding hydrogens is 290 g/mol. The van der Waals surface area contributed by atoms with Gasteiger partial charge in [-0.3, -0.25) is 9.69 Å². The fourth-order valence-corrected chi connectivity index (χ4v) is 2.55. The van der Waals surface area contributed by atoms with Crippen molar-refractivity contribution in [2.75, 3.05) is 32.1 Å². The molecule has 0 radical (unpaired) electrons. The van der Waals surface area contributed by atoms with Crippen LogP contribution in [0.3, 0.4) is 0 Å². The third-order valence-corrected chi connectivity index (χ3v) is 3.54. The van der Waals surface area contributed by atoms with E-state index in [4.69, 9.17) is 10.5 Å². The van der Waals surface area contributed by atoms with Crippen LogP contribution in [-0.2, 0) is 4.79 Å². The number of hydrogen-bond donors (Lipinski definition) is 2. The third kappa shape index (κ3) is 5.19. The number of likely N-dealkylation sites (tertiary alicyclic amines) is 1. The second-order valence-electron chi connectivity index (χ2n) is 5.39. The van der Waals surface area contributed by atoms with Gasteiger partial charge in [-0.05, 0) is 44.0 Å². The van der Waals surface area contributed by atoms with Crippen LogP contribution in [0.5, 0.6) is 5.75 Å². The summed E-state index contributed by atoms with van der Waals surface area (Å²) >= 11 is 0. The number of benzene rings is 1.